The van der Waals surface area contributed by atoms with Crippen molar-refractivity contribution < 1.29 is 24.2 Å². The Kier molecular flexibility index (Phi) is 4.79. The molecule has 0 bridgehead atoms. The fraction of sp³-hybridized carbons (Fsp3) is 0.211. The van der Waals surface area contributed by atoms with Crippen molar-refractivity contribution in [3.8, 4) is 11.1 Å². The maximum atomic E-state index is 11.7. The topological polar surface area (TPSA) is 92.7 Å². The lowest BCUT2D eigenvalue weighted by atomic mass is 10.0. The number of aliphatic carboxylic acids is 1. The fourth-order valence-electron chi connectivity index (χ4n) is 2.92. The van der Waals surface area contributed by atoms with Crippen molar-refractivity contribution in [1.29, 1.82) is 0 Å². The third kappa shape index (κ3) is 3.68. The summed E-state index contributed by atoms with van der Waals surface area (Å²) in [7, 11) is 0. The van der Waals surface area contributed by atoms with Gasteiger partial charge in [0.25, 0.3) is 0 Å². The van der Waals surface area contributed by atoms with Crippen molar-refractivity contribution >= 4 is 17.8 Å². The van der Waals surface area contributed by atoms with Crippen LogP contribution in [0.3, 0.4) is 0 Å². The average Bonchev–Trinajstić information content (AvgIpc) is 2.98. The SMILES string of the molecule is O=C(O)CCNC(=O)C(=O)OCc1cccc2c1Cc1ccccc1-2. The Bertz CT molecular complexity index is 843. The summed E-state index contributed by atoms with van der Waals surface area (Å²) in [6, 6.07) is 13.9. The van der Waals surface area contributed by atoms with E-state index in [2.05, 4.69) is 17.4 Å². The molecule has 3 rings (SSSR count). The molecule has 0 radical (unpaired) electrons. The van der Waals surface area contributed by atoms with Gasteiger partial charge in [-0.1, -0.05) is 42.5 Å². The molecule has 0 aromatic heterocycles. The van der Waals surface area contributed by atoms with Gasteiger partial charge in [0.05, 0.1) is 6.42 Å². The van der Waals surface area contributed by atoms with E-state index < -0.39 is 17.8 Å². The van der Waals surface area contributed by atoms with Crippen LogP contribution in [0.2, 0.25) is 0 Å². The molecule has 0 aliphatic heterocycles. The summed E-state index contributed by atoms with van der Waals surface area (Å²) in [4.78, 5) is 33.7. The summed E-state index contributed by atoms with van der Waals surface area (Å²) in [5, 5.41) is 10.7. The van der Waals surface area contributed by atoms with Gasteiger partial charge >= 0.3 is 17.8 Å². The molecule has 6 nitrogen and oxygen atoms in total. The smallest absolute Gasteiger partial charge is 0.397 e. The molecule has 1 amide bonds. The lowest BCUT2D eigenvalue weighted by molar-refractivity contribution is -0.156. The highest BCUT2D eigenvalue weighted by Crippen LogP contribution is 2.38. The van der Waals surface area contributed by atoms with Crippen molar-refractivity contribution in [2.45, 2.75) is 19.4 Å². The first-order chi connectivity index (χ1) is 12.1. The van der Waals surface area contributed by atoms with Crippen molar-refractivity contribution in [3.63, 3.8) is 0 Å². The van der Waals surface area contributed by atoms with Gasteiger partial charge in [-0.05, 0) is 34.2 Å². The molecular formula is C19H17NO5. The average molecular weight is 339 g/mol. The minimum absolute atomic E-state index is 0.00233. The van der Waals surface area contributed by atoms with Crippen LogP contribution in [0.1, 0.15) is 23.1 Å². The molecule has 0 fully saturated rings. The van der Waals surface area contributed by atoms with Gasteiger partial charge < -0.3 is 15.2 Å². The molecule has 6 heteroatoms. The van der Waals surface area contributed by atoms with Crippen LogP contribution in [-0.2, 0) is 32.1 Å². The summed E-state index contributed by atoms with van der Waals surface area (Å²) in [6.45, 7) is -0.109. The Morgan fingerprint density at radius 1 is 1.04 bits per heavy atom. The third-order valence-corrected chi connectivity index (χ3v) is 4.12. The molecule has 0 atom stereocenters. The van der Waals surface area contributed by atoms with Crippen molar-refractivity contribution in [1.82, 2.24) is 5.32 Å². The maximum Gasteiger partial charge on any atom is 0.397 e. The van der Waals surface area contributed by atoms with Gasteiger partial charge in [-0.2, -0.15) is 0 Å². The van der Waals surface area contributed by atoms with Crippen LogP contribution < -0.4 is 5.32 Å². The number of rotatable bonds is 5. The van der Waals surface area contributed by atoms with Gasteiger partial charge in [-0.25, -0.2) is 4.79 Å². The number of ether oxygens (including phenoxy) is 1. The first-order valence-corrected chi connectivity index (χ1v) is 7.92. The minimum Gasteiger partial charge on any atom is -0.481 e. The maximum absolute atomic E-state index is 11.7. The number of fused-ring (bicyclic) bond motifs is 3. The van der Waals surface area contributed by atoms with E-state index in [-0.39, 0.29) is 19.6 Å². The van der Waals surface area contributed by atoms with E-state index in [1.165, 1.54) is 11.1 Å². The van der Waals surface area contributed by atoms with E-state index in [0.717, 1.165) is 23.1 Å². The Hall–Kier alpha value is -3.15. The van der Waals surface area contributed by atoms with Gasteiger partial charge in [0, 0.05) is 6.54 Å². The molecular weight excluding hydrogens is 322 g/mol. The number of carboxylic acids is 1. The lowest BCUT2D eigenvalue weighted by Gasteiger charge is -2.09. The van der Waals surface area contributed by atoms with Crippen molar-refractivity contribution in [2.24, 2.45) is 0 Å². The summed E-state index contributed by atoms with van der Waals surface area (Å²) < 4.78 is 5.07. The Balaban J connectivity index is 1.63. The van der Waals surface area contributed by atoms with E-state index in [1.54, 1.807) is 0 Å². The number of amides is 1. The highest BCUT2D eigenvalue weighted by atomic mass is 16.5. The van der Waals surface area contributed by atoms with Crippen LogP contribution in [0.15, 0.2) is 42.5 Å². The lowest BCUT2D eigenvalue weighted by Crippen LogP contribution is -2.33. The molecule has 25 heavy (non-hydrogen) atoms. The Labute approximate surface area is 144 Å². The second-order valence-corrected chi connectivity index (χ2v) is 5.75. The Morgan fingerprint density at radius 2 is 1.80 bits per heavy atom. The number of carbonyl (C=O) groups is 3. The number of hydrogen-bond donors (Lipinski definition) is 2. The zero-order valence-corrected chi connectivity index (χ0v) is 13.5. The highest BCUT2D eigenvalue weighted by molar-refractivity contribution is 6.32. The standard InChI is InChI=1S/C19H17NO5/c21-17(22)8-9-20-18(23)19(24)25-11-13-5-3-7-15-14-6-2-1-4-12(14)10-16(13)15/h1-7H,8-11H2,(H,20,23)(H,21,22). The van der Waals surface area contributed by atoms with Gasteiger partial charge in [-0.15, -0.1) is 0 Å². The fourth-order valence-corrected chi connectivity index (χ4v) is 2.92. The predicted molar refractivity (Wildman–Crippen MR) is 89.7 cm³/mol. The molecule has 1 aliphatic carbocycles. The van der Waals surface area contributed by atoms with Crippen LogP contribution in [0.4, 0.5) is 0 Å². The highest BCUT2D eigenvalue weighted by Gasteiger charge is 2.22. The van der Waals surface area contributed by atoms with E-state index in [1.807, 2.05) is 30.3 Å². The molecule has 0 heterocycles. The van der Waals surface area contributed by atoms with Gasteiger partial charge in [0.2, 0.25) is 0 Å². The third-order valence-electron chi connectivity index (χ3n) is 4.12. The number of carbonyl (C=O) groups excluding carboxylic acids is 2. The summed E-state index contributed by atoms with van der Waals surface area (Å²) >= 11 is 0. The number of carboxylic acid groups (broad SMARTS) is 1. The van der Waals surface area contributed by atoms with Gasteiger partial charge in [0.15, 0.2) is 0 Å². The molecule has 2 N–H and O–H groups in total. The number of esters is 1. The zero-order chi connectivity index (χ0) is 17.8. The summed E-state index contributed by atoms with van der Waals surface area (Å²) in [5.41, 5.74) is 5.48. The van der Waals surface area contributed by atoms with E-state index in [9.17, 15) is 14.4 Å². The summed E-state index contributed by atoms with van der Waals surface area (Å²) in [6.07, 6.45) is 0.521. The van der Waals surface area contributed by atoms with E-state index in [4.69, 9.17) is 9.84 Å². The largest absolute Gasteiger partial charge is 0.481 e. The number of nitrogens with one attached hydrogen (secondary N) is 1. The predicted octanol–water partition coefficient (Wildman–Crippen LogP) is 1.89. The number of hydrogen-bond acceptors (Lipinski definition) is 4. The normalized spacial score (nSPS) is 11.4. The molecule has 128 valence electrons. The van der Waals surface area contributed by atoms with Crippen LogP contribution in [0.25, 0.3) is 11.1 Å². The quantitative estimate of drug-likeness (QED) is 0.547. The molecule has 0 spiro atoms. The molecule has 0 saturated carbocycles. The minimum atomic E-state index is -1.05. The van der Waals surface area contributed by atoms with Crippen LogP contribution in [-0.4, -0.2) is 29.5 Å². The second kappa shape index (κ2) is 7.17. The van der Waals surface area contributed by atoms with Crippen LogP contribution in [0, 0.1) is 0 Å². The van der Waals surface area contributed by atoms with Crippen LogP contribution >= 0.6 is 0 Å². The van der Waals surface area contributed by atoms with Gasteiger partial charge in [0.1, 0.15) is 6.61 Å². The monoisotopic (exact) mass is 339 g/mol. The zero-order valence-electron chi connectivity index (χ0n) is 13.5. The van der Waals surface area contributed by atoms with E-state index >= 15 is 0 Å². The number of benzene rings is 2. The molecule has 1 aliphatic rings. The van der Waals surface area contributed by atoms with Crippen LogP contribution in [0.5, 0.6) is 0 Å². The first-order valence-electron chi connectivity index (χ1n) is 7.92. The van der Waals surface area contributed by atoms with Crippen molar-refractivity contribution in [3.05, 3.63) is 59.2 Å². The van der Waals surface area contributed by atoms with Crippen molar-refractivity contribution in [2.75, 3.05) is 6.54 Å². The molecule has 2 aromatic rings. The molecule has 0 saturated heterocycles. The van der Waals surface area contributed by atoms with E-state index in [0.29, 0.717) is 0 Å². The second-order valence-electron chi connectivity index (χ2n) is 5.75. The first kappa shape index (κ1) is 16.7. The Morgan fingerprint density at radius 3 is 2.60 bits per heavy atom. The van der Waals surface area contributed by atoms with Gasteiger partial charge in [-0.3, -0.25) is 9.59 Å². The molecule has 0 unspecified atom stereocenters. The molecule has 2 aromatic carbocycles. The summed E-state index contributed by atoms with van der Waals surface area (Å²) in [5.74, 6) is -3.00.